The first-order valence-electron chi connectivity index (χ1n) is 6.93. The third-order valence-electron chi connectivity index (χ3n) is 2.95. The van der Waals surface area contributed by atoms with E-state index in [-0.39, 0.29) is 0 Å². The number of thiophene rings is 1. The van der Waals surface area contributed by atoms with Gasteiger partial charge in [-0.05, 0) is 31.5 Å². The van der Waals surface area contributed by atoms with E-state index in [0.717, 1.165) is 39.7 Å². The lowest BCUT2D eigenvalue weighted by atomic mass is 10.4. The predicted molar refractivity (Wildman–Crippen MR) is 89.2 cm³/mol. The molecule has 0 bridgehead atoms. The molecule has 6 heteroatoms. The Kier molecular flexibility index (Phi) is 4.45. The van der Waals surface area contributed by atoms with Crippen molar-refractivity contribution in [3.05, 3.63) is 35.1 Å². The highest BCUT2D eigenvalue weighted by Crippen LogP contribution is 2.33. The highest BCUT2D eigenvalue weighted by molar-refractivity contribution is 7.98. The molecule has 0 saturated carbocycles. The molecule has 0 radical (unpaired) electrons. The summed E-state index contributed by atoms with van der Waals surface area (Å²) in [5.41, 5.74) is 0. The van der Waals surface area contributed by atoms with E-state index in [1.165, 1.54) is 4.88 Å². The number of hydrogen-bond acceptors (Lipinski definition) is 6. The van der Waals surface area contributed by atoms with Crippen LogP contribution >= 0.6 is 23.1 Å². The van der Waals surface area contributed by atoms with Gasteiger partial charge < -0.3 is 9.73 Å². The number of nitrogens with zero attached hydrogens (tertiary/aromatic N) is 2. The van der Waals surface area contributed by atoms with Crippen LogP contribution in [0.3, 0.4) is 0 Å². The van der Waals surface area contributed by atoms with Gasteiger partial charge in [0.15, 0.2) is 0 Å². The van der Waals surface area contributed by atoms with Crippen molar-refractivity contribution in [1.29, 1.82) is 0 Å². The average Bonchev–Trinajstić information content (AvgIpc) is 3.10. The summed E-state index contributed by atoms with van der Waals surface area (Å²) in [6.07, 6.45) is 2.76. The Labute approximate surface area is 132 Å². The van der Waals surface area contributed by atoms with Gasteiger partial charge in [-0.25, -0.2) is 9.97 Å². The van der Waals surface area contributed by atoms with Gasteiger partial charge in [-0.3, -0.25) is 0 Å². The Morgan fingerprint density at radius 2 is 2.29 bits per heavy atom. The Hall–Kier alpha value is -1.53. The number of furan rings is 1. The normalized spacial score (nSPS) is 11.1. The summed E-state index contributed by atoms with van der Waals surface area (Å²) in [7, 11) is 0. The number of thioether (sulfide) groups is 1. The van der Waals surface area contributed by atoms with Gasteiger partial charge in [-0.2, -0.15) is 0 Å². The summed E-state index contributed by atoms with van der Waals surface area (Å²) >= 11 is 3.40. The summed E-state index contributed by atoms with van der Waals surface area (Å²) in [5.74, 6) is 2.45. The summed E-state index contributed by atoms with van der Waals surface area (Å²) in [4.78, 5) is 11.6. The largest absolute Gasteiger partial charge is 0.468 e. The van der Waals surface area contributed by atoms with Crippen molar-refractivity contribution < 1.29 is 4.42 Å². The Balaban J connectivity index is 1.89. The third kappa shape index (κ3) is 3.39. The van der Waals surface area contributed by atoms with Crippen molar-refractivity contribution in [1.82, 2.24) is 9.97 Å². The molecular weight excluding hydrogens is 302 g/mol. The smallest absolute Gasteiger partial charge is 0.225 e. The summed E-state index contributed by atoms with van der Waals surface area (Å²) < 4.78 is 5.39. The first-order valence-corrected chi connectivity index (χ1v) is 8.73. The van der Waals surface area contributed by atoms with Crippen LogP contribution in [-0.2, 0) is 5.75 Å². The van der Waals surface area contributed by atoms with E-state index in [1.54, 1.807) is 29.4 Å². The molecule has 0 amide bonds. The number of aryl methyl sites for hydroxylation is 1. The van der Waals surface area contributed by atoms with Crippen molar-refractivity contribution in [3.8, 4) is 0 Å². The molecule has 3 rings (SSSR count). The second kappa shape index (κ2) is 6.49. The lowest BCUT2D eigenvalue weighted by Crippen LogP contribution is -2.04. The zero-order chi connectivity index (χ0) is 14.7. The van der Waals surface area contributed by atoms with E-state index in [4.69, 9.17) is 4.42 Å². The first kappa shape index (κ1) is 14.4. The highest BCUT2D eigenvalue weighted by atomic mass is 32.2. The minimum absolute atomic E-state index is 0.716. The molecule has 0 aliphatic carbocycles. The zero-order valence-corrected chi connectivity index (χ0v) is 13.7. The van der Waals surface area contributed by atoms with Gasteiger partial charge in [0.05, 0.1) is 12.0 Å². The molecule has 0 aliphatic heterocycles. The maximum absolute atomic E-state index is 5.39. The molecule has 21 heavy (non-hydrogen) atoms. The third-order valence-corrected chi connectivity index (χ3v) is 4.90. The SMILES string of the molecule is CCCNc1nc(SCc2ccco2)c2cc(C)sc2n1. The molecule has 3 aromatic rings. The molecule has 4 nitrogen and oxygen atoms in total. The molecular formula is C15H17N3OS2. The molecule has 0 fully saturated rings. The van der Waals surface area contributed by atoms with Crippen LogP contribution in [-0.4, -0.2) is 16.5 Å². The quantitative estimate of drug-likeness (QED) is 0.527. The number of nitrogens with one attached hydrogen (secondary N) is 1. The van der Waals surface area contributed by atoms with Gasteiger partial charge >= 0.3 is 0 Å². The van der Waals surface area contributed by atoms with E-state index in [9.17, 15) is 0 Å². The molecule has 0 spiro atoms. The fourth-order valence-corrected chi connectivity index (χ4v) is 3.83. The molecule has 3 heterocycles. The Morgan fingerprint density at radius 1 is 1.38 bits per heavy atom. The van der Waals surface area contributed by atoms with Gasteiger partial charge in [0.2, 0.25) is 5.95 Å². The van der Waals surface area contributed by atoms with E-state index in [0.29, 0.717) is 5.95 Å². The Bertz CT molecular complexity index is 722. The van der Waals surface area contributed by atoms with Gasteiger partial charge in [0.25, 0.3) is 0 Å². The molecule has 1 N–H and O–H groups in total. The van der Waals surface area contributed by atoms with Crippen LogP contribution in [0.25, 0.3) is 10.2 Å². The standard InChI is InChI=1S/C15H17N3OS2/c1-3-6-16-15-17-13(20-9-11-5-4-7-19-11)12-8-10(2)21-14(12)18-15/h4-5,7-8H,3,6,9H2,1-2H3,(H,16,17,18). The highest BCUT2D eigenvalue weighted by Gasteiger charge is 2.11. The lowest BCUT2D eigenvalue weighted by molar-refractivity contribution is 0.530. The Morgan fingerprint density at radius 3 is 3.05 bits per heavy atom. The van der Waals surface area contributed by atoms with Gasteiger partial charge in [-0.1, -0.05) is 18.7 Å². The van der Waals surface area contributed by atoms with Crippen molar-refractivity contribution >= 4 is 39.3 Å². The number of fused-ring (bicyclic) bond motifs is 1. The van der Waals surface area contributed by atoms with Crippen molar-refractivity contribution in [2.24, 2.45) is 0 Å². The summed E-state index contributed by atoms with van der Waals surface area (Å²) in [6, 6.07) is 6.06. The molecule has 0 aromatic carbocycles. The lowest BCUT2D eigenvalue weighted by Gasteiger charge is -2.06. The van der Waals surface area contributed by atoms with Gasteiger partial charge in [-0.15, -0.1) is 11.3 Å². The monoisotopic (exact) mass is 319 g/mol. The van der Waals surface area contributed by atoms with Crippen LogP contribution in [0.2, 0.25) is 0 Å². The summed E-state index contributed by atoms with van der Waals surface area (Å²) in [6.45, 7) is 5.12. The fraction of sp³-hybridized carbons (Fsp3) is 0.333. The molecule has 0 atom stereocenters. The minimum atomic E-state index is 0.716. The van der Waals surface area contributed by atoms with Crippen LogP contribution in [0.4, 0.5) is 5.95 Å². The van der Waals surface area contributed by atoms with E-state index in [2.05, 4.69) is 35.2 Å². The van der Waals surface area contributed by atoms with Crippen LogP contribution in [0, 0.1) is 6.92 Å². The van der Waals surface area contributed by atoms with E-state index < -0.39 is 0 Å². The average molecular weight is 319 g/mol. The maximum Gasteiger partial charge on any atom is 0.225 e. The topological polar surface area (TPSA) is 51.0 Å². The second-order valence-electron chi connectivity index (χ2n) is 4.72. The van der Waals surface area contributed by atoms with Gasteiger partial charge in [0, 0.05) is 16.8 Å². The van der Waals surface area contributed by atoms with Crippen LogP contribution in [0.15, 0.2) is 33.9 Å². The maximum atomic E-state index is 5.39. The van der Waals surface area contributed by atoms with Crippen molar-refractivity contribution in [2.75, 3.05) is 11.9 Å². The number of aromatic nitrogens is 2. The molecule has 110 valence electrons. The second-order valence-corrected chi connectivity index (χ2v) is 6.92. The van der Waals surface area contributed by atoms with Crippen LogP contribution in [0.1, 0.15) is 24.0 Å². The van der Waals surface area contributed by atoms with Crippen molar-refractivity contribution in [3.63, 3.8) is 0 Å². The summed E-state index contributed by atoms with van der Waals surface area (Å²) in [5, 5.41) is 5.43. The molecule has 0 saturated heterocycles. The van der Waals surface area contributed by atoms with E-state index in [1.807, 2.05) is 12.1 Å². The number of rotatable bonds is 6. The van der Waals surface area contributed by atoms with E-state index >= 15 is 0 Å². The van der Waals surface area contributed by atoms with Crippen molar-refractivity contribution in [2.45, 2.75) is 31.0 Å². The molecule has 0 aliphatic rings. The fourth-order valence-electron chi connectivity index (χ4n) is 1.98. The van der Waals surface area contributed by atoms with Gasteiger partial charge in [0.1, 0.15) is 15.6 Å². The predicted octanol–water partition coefficient (Wildman–Crippen LogP) is 4.71. The number of hydrogen-bond donors (Lipinski definition) is 1. The van der Waals surface area contributed by atoms with Crippen LogP contribution in [0.5, 0.6) is 0 Å². The molecule has 0 unspecified atom stereocenters. The molecule has 3 aromatic heterocycles. The first-order chi connectivity index (χ1) is 10.3. The number of anilines is 1. The zero-order valence-electron chi connectivity index (χ0n) is 12.0. The minimum Gasteiger partial charge on any atom is -0.468 e. The van der Waals surface area contributed by atoms with Crippen LogP contribution < -0.4 is 5.32 Å².